The molecule has 140 valence electrons. The van der Waals surface area contributed by atoms with Crippen LogP contribution in [-0.4, -0.2) is 21.3 Å². The molecular formula is C18H19N5O2S2. The number of benzene rings is 1. The van der Waals surface area contributed by atoms with Gasteiger partial charge in [-0.2, -0.15) is 0 Å². The Bertz CT molecular complexity index is 953. The Kier molecular flexibility index (Phi) is 5.40. The van der Waals surface area contributed by atoms with E-state index >= 15 is 0 Å². The Morgan fingerprint density at radius 1 is 1.26 bits per heavy atom. The zero-order valence-electron chi connectivity index (χ0n) is 14.8. The highest BCUT2D eigenvalue weighted by Gasteiger charge is 2.19. The summed E-state index contributed by atoms with van der Waals surface area (Å²) in [7, 11) is 0. The molecule has 27 heavy (non-hydrogen) atoms. The Morgan fingerprint density at radius 3 is 3.00 bits per heavy atom. The normalized spacial score (nSPS) is 13.2. The van der Waals surface area contributed by atoms with Crippen LogP contribution >= 0.6 is 23.1 Å². The van der Waals surface area contributed by atoms with Gasteiger partial charge in [0, 0.05) is 36.0 Å². The lowest BCUT2D eigenvalue weighted by atomic mass is 9.97. The van der Waals surface area contributed by atoms with Gasteiger partial charge in [-0.1, -0.05) is 34.3 Å². The van der Waals surface area contributed by atoms with Gasteiger partial charge in [-0.25, -0.2) is 0 Å². The zero-order valence-corrected chi connectivity index (χ0v) is 16.5. The number of hydrogen-bond acceptors (Lipinski definition) is 8. The molecule has 0 saturated carbocycles. The summed E-state index contributed by atoms with van der Waals surface area (Å²) < 4.78 is 6.34. The molecule has 1 aliphatic carbocycles. The van der Waals surface area contributed by atoms with Crippen LogP contribution in [0.5, 0.6) is 0 Å². The number of carbonyl (C=O) groups excluding carboxylic acids is 1. The summed E-state index contributed by atoms with van der Waals surface area (Å²) >= 11 is 3.11. The Morgan fingerprint density at radius 2 is 2.11 bits per heavy atom. The minimum atomic E-state index is -0.100. The number of amides is 1. The second-order valence-corrected chi connectivity index (χ2v) is 8.49. The molecule has 2 N–H and O–H groups in total. The van der Waals surface area contributed by atoms with E-state index in [1.54, 1.807) is 11.8 Å². The van der Waals surface area contributed by atoms with Gasteiger partial charge < -0.3 is 15.2 Å². The maximum absolute atomic E-state index is 11.2. The molecule has 0 bridgehead atoms. The van der Waals surface area contributed by atoms with Gasteiger partial charge in [0.2, 0.25) is 11.0 Å². The molecule has 0 fully saturated rings. The summed E-state index contributed by atoms with van der Waals surface area (Å²) in [5.74, 6) is 1.69. The Hall–Kier alpha value is -2.39. The van der Waals surface area contributed by atoms with Crippen molar-refractivity contribution in [2.45, 2.75) is 42.7 Å². The molecule has 2 heterocycles. The highest BCUT2D eigenvalue weighted by molar-refractivity contribution is 8.00. The quantitative estimate of drug-likeness (QED) is 0.591. The van der Waals surface area contributed by atoms with Crippen molar-refractivity contribution >= 4 is 45.5 Å². The smallest absolute Gasteiger partial charge is 0.221 e. The fourth-order valence-corrected chi connectivity index (χ4v) is 4.75. The molecule has 0 atom stereocenters. The predicted molar refractivity (Wildman–Crippen MR) is 107 cm³/mol. The third-order valence-electron chi connectivity index (χ3n) is 4.20. The van der Waals surface area contributed by atoms with E-state index in [0.29, 0.717) is 5.13 Å². The maximum atomic E-state index is 11.2. The van der Waals surface area contributed by atoms with Crippen molar-refractivity contribution in [2.24, 2.45) is 0 Å². The van der Waals surface area contributed by atoms with Crippen LogP contribution in [0.2, 0.25) is 0 Å². The lowest BCUT2D eigenvalue weighted by molar-refractivity contribution is -0.114. The molecule has 0 aliphatic heterocycles. The van der Waals surface area contributed by atoms with Crippen LogP contribution in [-0.2, 0) is 23.4 Å². The minimum Gasteiger partial charge on any atom is -0.361 e. The number of nitrogens with zero attached hydrogens (tertiary/aromatic N) is 3. The van der Waals surface area contributed by atoms with Crippen molar-refractivity contribution in [2.75, 3.05) is 10.6 Å². The molecule has 0 radical (unpaired) electrons. The van der Waals surface area contributed by atoms with Gasteiger partial charge >= 0.3 is 0 Å². The van der Waals surface area contributed by atoms with Crippen molar-refractivity contribution in [1.82, 2.24) is 15.4 Å². The zero-order chi connectivity index (χ0) is 18.6. The molecule has 3 aromatic rings. The topological polar surface area (TPSA) is 92.9 Å². The number of hydrogen-bond donors (Lipinski definition) is 2. The number of thioether (sulfide) groups is 1. The first kappa shape index (κ1) is 18.0. The minimum absolute atomic E-state index is 0.100. The van der Waals surface area contributed by atoms with E-state index in [1.165, 1.54) is 36.7 Å². The molecular weight excluding hydrogens is 382 g/mol. The van der Waals surface area contributed by atoms with Gasteiger partial charge in [-0.15, -0.1) is 10.2 Å². The second kappa shape index (κ2) is 8.10. The SMILES string of the molecule is CC(=O)Nc1cccc(Nc2nnc(SCc3noc4c3CCCC4)s2)c1. The molecule has 9 heteroatoms. The molecule has 2 aromatic heterocycles. The summed E-state index contributed by atoms with van der Waals surface area (Å²) in [6.45, 7) is 1.49. The van der Waals surface area contributed by atoms with E-state index in [1.807, 2.05) is 24.3 Å². The Labute approximate surface area is 164 Å². The maximum Gasteiger partial charge on any atom is 0.221 e. The van der Waals surface area contributed by atoms with Crippen LogP contribution in [0.25, 0.3) is 0 Å². The highest BCUT2D eigenvalue weighted by Crippen LogP contribution is 2.32. The van der Waals surface area contributed by atoms with E-state index < -0.39 is 0 Å². The van der Waals surface area contributed by atoms with Gasteiger partial charge in [-0.05, 0) is 37.5 Å². The van der Waals surface area contributed by atoms with Gasteiger partial charge in [0.1, 0.15) is 5.76 Å². The summed E-state index contributed by atoms with van der Waals surface area (Å²) in [4.78, 5) is 11.2. The molecule has 4 rings (SSSR count). The standard InChI is InChI=1S/C18H19N5O2S2/c1-11(24)19-12-5-4-6-13(9-12)20-17-21-22-18(27-17)26-10-15-14-7-2-3-8-16(14)25-23-15/h4-6,9H,2-3,7-8,10H2,1H3,(H,19,24)(H,20,21). The van der Waals surface area contributed by atoms with Crippen LogP contribution < -0.4 is 10.6 Å². The molecule has 0 unspecified atom stereocenters. The van der Waals surface area contributed by atoms with Crippen molar-refractivity contribution in [3.63, 3.8) is 0 Å². The van der Waals surface area contributed by atoms with Gasteiger partial charge in [0.05, 0.1) is 5.69 Å². The third kappa shape index (κ3) is 4.48. The molecule has 1 aliphatic rings. The largest absolute Gasteiger partial charge is 0.361 e. The number of aryl methyl sites for hydroxylation is 1. The average molecular weight is 402 g/mol. The van der Waals surface area contributed by atoms with Gasteiger partial charge in [0.25, 0.3) is 0 Å². The van der Waals surface area contributed by atoms with Gasteiger partial charge in [0.15, 0.2) is 4.34 Å². The number of nitrogens with one attached hydrogen (secondary N) is 2. The van der Waals surface area contributed by atoms with Crippen molar-refractivity contribution in [1.29, 1.82) is 0 Å². The van der Waals surface area contributed by atoms with E-state index in [9.17, 15) is 4.79 Å². The third-order valence-corrected chi connectivity index (χ3v) is 6.19. The van der Waals surface area contributed by atoms with E-state index in [4.69, 9.17) is 4.52 Å². The number of fused-ring (bicyclic) bond motifs is 1. The molecule has 0 saturated heterocycles. The molecule has 7 nitrogen and oxygen atoms in total. The van der Waals surface area contributed by atoms with E-state index in [2.05, 4.69) is 26.0 Å². The van der Waals surface area contributed by atoms with E-state index in [-0.39, 0.29) is 5.91 Å². The summed E-state index contributed by atoms with van der Waals surface area (Å²) in [6, 6.07) is 7.49. The van der Waals surface area contributed by atoms with Crippen molar-refractivity contribution < 1.29 is 9.32 Å². The lowest BCUT2D eigenvalue weighted by Crippen LogP contribution is -2.05. The number of anilines is 3. The summed E-state index contributed by atoms with van der Waals surface area (Å²) in [5.41, 5.74) is 3.90. The Balaban J connectivity index is 1.37. The van der Waals surface area contributed by atoms with Crippen LogP contribution in [0.15, 0.2) is 33.1 Å². The monoisotopic (exact) mass is 401 g/mol. The number of rotatable bonds is 6. The fraction of sp³-hybridized carbons (Fsp3) is 0.333. The summed E-state index contributed by atoms with van der Waals surface area (Å²) in [6.07, 6.45) is 4.44. The van der Waals surface area contributed by atoms with Crippen LogP contribution in [0.1, 0.15) is 36.8 Å². The van der Waals surface area contributed by atoms with Crippen molar-refractivity contribution in [3.05, 3.63) is 41.3 Å². The fourth-order valence-electron chi connectivity index (χ4n) is 3.01. The first-order valence-electron chi connectivity index (χ1n) is 8.74. The average Bonchev–Trinajstić information content (AvgIpc) is 3.26. The first-order chi connectivity index (χ1) is 13.2. The number of carbonyl (C=O) groups is 1. The van der Waals surface area contributed by atoms with Crippen LogP contribution in [0, 0.1) is 0 Å². The molecule has 0 spiro atoms. The lowest BCUT2D eigenvalue weighted by Gasteiger charge is -2.08. The van der Waals surface area contributed by atoms with Gasteiger partial charge in [-0.3, -0.25) is 4.79 Å². The van der Waals surface area contributed by atoms with Crippen molar-refractivity contribution in [3.8, 4) is 0 Å². The predicted octanol–water partition coefficient (Wildman–Crippen LogP) is 4.40. The highest BCUT2D eigenvalue weighted by atomic mass is 32.2. The second-order valence-electron chi connectivity index (χ2n) is 6.29. The van der Waals surface area contributed by atoms with Crippen LogP contribution in [0.4, 0.5) is 16.5 Å². The van der Waals surface area contributed by atoms with E-state index in [0.717, 1.165) is 45.8 Å². The summed E-state index contributed by atoms with van der Waals surface area (Å²) in [5, 5.41) is 19.4. The molecule has 1 amide bonds. The van der Waals surface area contributed by atoms with Crippen LogP contribution in [0.3, 0.4) is 0 Å². The first-order valence-corrected chi connectivity index (χ1v) is 10.5. The number of aromatic nitrogens is 3. The molecule has 1 aromatic carbocycles.